The highest BCUT2D eigenvalue weighted by Gasteiger charge is 2.36. The predicted octanol–water partition coefficient (Wildman–Crippen LogP) is 4.47. The summed E-state index contributed by atoms with van der Waals surface area (Å²) < 4.78 is 0. The summed E-state index contributed by atoms with van der Waals surface area (Å²) in [6, 6.07) is 13.4. The van der Waals surface area contributed by atoms with Crippen LogP contribution in [0.3, 0.4) is 0 Å². The lowest BCUT2D eigenvalue weighted by Gasteiger charge is -2.23. The van der Waals surface area contributed by atoms with E-state index in [0.29, 0.717) is 5.69 Å². The van der Waals surface area contributed by atoms with Crippen LogP contribution in [0.25, 0.3) is 0 Å². The summed E-state index contributed by atoms with van der Waals surface area (Å²) in [6.07, 6.45) is 0.942. The highest BCUT2D eigenvalue weighted by molar-refractivity contribution is 6.14. The van der Waals surface area contributed by atoms with E-state index in [-0.39, 0.29) is 11.8 Å². The minimum atomic E-state index is -1.19. The molecule has 0 fully saturated rings. The van der Waals surface area contributed by atoms with Gasteiger partial charge in [-0.2, -0.15) is 0 Å². The number of aryl methyl sites for hydroxylation is 2. The highest BCUT2D eigenvalue weighted by atomic mass is 16.2. The lowest BCUT2D eigenvalue weighted by Crippen LogP contribution is -2.41. The molecule has 4 nitrogen and oxygen atoms in total. The summed E-state index contributed by atoms with van der Waals surface area (Å²) in [7, 11) is 0. The van der Waals surface area contributed by atoms with Gasteiger partial charge in [0.15, 0.2) is 0 Å². The van der Waals surface area contributed by atoms with Crippen LogP contribution < -0.4 is 10.6 Å². The van der Waals surface area contributed by atoms with Crippen molar-refractivity contribution in [2.75, 3.05) is 10.6 Å². The van der Waals surface area contributed by atoms with Crippen molar-refractivity contribution in [2.45, 2.75) is 41.0 Å². The van der Waals surface area contributed by atoms with Crippen LogP contribution in [0.1, 0.15) is 37.5 Å². The van der Waals surface area contributed by atoms with Gasteiger partial charge in [0, 0.05) is 11.4 Å². The Balaban J connectivity index is 2.11. The number of carbonyl (C=O) groups is 2. The second-order valence-electron chi connectivity index (χ2n) is 6.83. The molecule has 2 aromatic rings. The maximum absolute atomic E-state index is 12.7. The fraction of sp³-hybridized carbons (Fsp3) is 0.333. The van der Waals surface area contributed by atoms with Gasteiger partial charge in [-0.25, -0.2) is 0 Å². The van der Waals surface area contributed by atoms with E-state index >= 15 is 0 Å². The first kappa shape index (κ1) is 18.7. The molecule has 0 bridgehead atoms. The van der Waals surface area contributed by atoms with E-state index in [2.05, 4.69) is 17.6 Å². The van der Waals surface area contributed by atoms with Crippen LogP contribution >= 0.6 is 0 Å². The van der Waals surface area contributed by atoms with E-state index in [4.69, 9.17) is 0 Å². The molecule has 2 N–H and O–H groups in total. The van der Waals surface area contributed by atoms with Crippen LogP contribution in [0.15, 0.2) is 42.5 Å². The van der Waals surface area contributed by atoms with Crippen LogP contribution in [0.5, 0.6) is 0 Å². The van der Waals surface area contributed by atoms with Crippen LogP contribution in [0.4, 0.5) is 11.4 Å². The van der Waals surface area contributed by atoms with Gasteiger partial charge in [-0.15, -0.1) is 0 Å². The number of hydrogen-bond acceptors (Lipinski definition) is 2. The summed E-state index contributed by atoms with van der Waals surface area (Å²) in [5.41, 5.74) is 3.52. The van der Waals surface area contributed by atoms with Gasteiger partial charge in [0.2, 0.25) is 11.8 Å². The molecule has 0 aromatic heterocycles. The van der Waals surface area contributed by atoms with Crippen LogP contribution in [-0.2, 0) is 16.0 Å². The highest BCUT2D eigenvalue weighted by Crippen LogP contribution is 2.24. The Morgan fingerprint density at radius 2 is 1.52 bits per heavy atom. The number of nitrogens with one attached hydrogen (secondary N) is 2. The topological polar surface area (TPSA) is 58.2 Å². The molecular weight excluding hydrogens is 312 g/mol. The van der Waals surface area contributed by atoms with Gasteiger partial charge in [-0.05, 0) is 69.0 Å². The van der Waals surface area contributed by atoms with Gasteiger partial charge in [0.05, 0.1) is 0 Å². The zero-order chi connectivity index (χ0) is 18.6. The second-order valence-corrected chi connectivity index (χ2v) is 6.83. The maximum atomic E-state index is 12.7. The fourth-order valence-electron chi connectivity index (χ4n) is 2.38. The molecule has 2 amide bonds. The lowest BCUT2D eigenvalue weighted by molar-refractivity contribution is -0.135. The molecule has 0 spiro atoms. The molecule has 0 saturated heterocycles. The normalized spacial score (nSPS) is 11.1. The zero-order valence-corrected chi connectivity index (χ0v) is 15.6. The third kappa shape index (κ3) is 4.27. The summed E-state index contributed by atoms with van der Waals surface area (Å²) >= 11 is 0. The van der Waals surface area contributed by atoms with E-state index in [1.807, 2.05) is 56.3 Å². The molecule has 2 aromatic carbocycles. The number of carbonyl (C=O) groups excluding carboxylic acids is 2. The van der Waals surface area contributed by atoms with Gasteiger partial charge in [0.25, 0.3) is 0 Å². The number of benzene rings is 2. The van der Waals surface area contributed by atoms with Gasteiger partial charge in [0.1, 0.15) is 5.41 Å². The number of anilines is 2. The quantitative estimate of drug-likeness (QED) is 0.790. The SMILES string of the molecule is CCc1ccc(NC(=O)C(C)(C)C(=O)Nc2cccc(C)c2C)cc1. The van der Waals surface area contributed by atoms with E-state index in [0.717, 1.165) is 23.2 Å². The number of hydrogen-bond donors (Lipinski definition) is 2. The average Bonchev–Trinajstić information content (AvgIpc) is 2.59. The average molecular weight is 338 g/mol. The summed E-state index contributed by atoms with van der Waals surface area (Å²) in [5, 5.41) is 5.70. The van der Waals surface area contributed by atoms with Crippen molar-refractivity contribution in [2.24, 2.45) is 5.41 Å². The second kappa shape index (κ2) is 7.51. The Kier molecular flexibility index (Phi) is 5.62. The Morgan fingerprint density at radius 3 is 2.12 bits per heavy atom. The minimum absolute atomic E-state index is 0.330. The predicted molar refractivity (Wildman–Crippen MR) is 103 cm³/mol. The third-order valence-corrected chi connectivity index (χ3v) is 4.61. The van der Waals surface area contributed by atoms with Gasteiger partial charge in [-0.1, -0.05) is 31.2 Å². The van der Waals surface area contributed by atoms with E-state index in [1.165, 1.54) is 5.56 Å². The van der Waals surface area contributed by atoms with Crippen molar-refractivity contribution in [1.82, 2.24) is 0 Å². The van der Waals surface area contributed by atoms with Crippen molar-refractivity contribution in [3.05, 3.63) is 59.2 Å². The molecule has 25 heavy (non-hydrogen) atoms. The standard InChI is InChI=1S/C21H26N2O2/c1-6-16-10-12-17(13-11-16)22-19(24)21(4,5)20(25)23-18-9-7-8-14(2)15(18)3/h7-13H,6H2,1-5H3,(H,22,24)(H,23,25). The molecule has 0 heterocycles. The minimum Gasteiger partial charge on any atom is -0.325 e. The van der Waals surface area contributed by atoms with Crippen molar-refractivity contribution >= 4 is 23.2 Å². The molecule has 0 radical (unpaired) electrons. The Morgan fingerprint density at radius 1 is 0.920 bits per heavy atom. The molecular formula is C21H26N2O2. The molecule has 0 atom stereocenters. The zero-order valence-electron chi connectivity index (χ0n) is 15.6. The van der Waals surface area contributed by atoms with Crippen molar-refractivity contribution in [3.63, 3.8) is 0 Å². The molecule has 0 aliphatic heterocycles. The van der Waals surface area contributed by atoms with Crippen LogP contribution in [-0.4, -0.2) is 11.8 Å². The smallest absolute Gasteiger partial charge is 0.239 e. The largest absolute Gasteiger partial charge is 0.325 e. The van der Waals surface area contributed by atoms with Crippen LogP contribution in [0, 0.1) is 19.3 Å². The number of amides is 2. The molecule has 0 unspecified atom stereocenters. The first-order chi connectivity index (χ1) is 11.8. The Hall–Kier alpha value is -2.62. The first-order valence-electron chi connectivity index (χ1n) is 8.53. The first-order valence-corrected chi connectivity index (χ1v) is 8.53. The van der Waals surface area contributed by atoms with Gasteiger partial charge < -0.3 is 10.6 Å². The fourth-order valence-corrected chi connectivity index (χ4v) is 2.38. The van der Waals surface area contributed by atoms with Crippen molar-refractivity contribution in [3.8, 4) is 0 Å². The van der Waals surface area contributed by atoms with Gasteiger partial charge in [-0.3, -0.25) is 9.59 Å². The number of rotatable bonds is 5. The molecule has 0 aliphatic rings. The Labute approximate surface area is 149 Å². The molecule has 0 aliphatic carbocycles. The van der Waals surface area contributed by atoms with E-state index in [9.17, 15) is 9.59 Å². The maximum Gasteiger partial charge on any atom is 0.239 e. The third-order valence-electron chi connectivity index (χ3n) is 4.61. The summed E-state index contributed by atoms with van der Waals surface area (Å²) in [6.45, 7) is 9.27. The summed E-state index contributed by atoms with van der Waals surface area (Å²) in [4.78, 5) is 25.3. The van der Waals surface area contributed by atoms with E-state index in [1.54, 1.807) is 13.8 Å². The Bertz CT molecular complexity index is 777. The van der Waals surface area contributed by atoms with E-state index < -0.39 is 5.41 Å². The molecule has 2 rings (SSSR count). The van der Waals surface area contributed by atoms with Crippen molar-refractivity contribution in [1.29, 1.82) is 0 Å². The van der Waals surface area contributed by atoms with Crippen molar-refractivity contribution < 1.29 is 9.59 Å². The monoisotopic (exact) mass is 338 g/mol. The molecule has 0 saturated carbocycles. The molecule has 132 valence electrons. The van der Waals surface area contributed by atoms with Crippen LogP contribution in [0.2, 0.25) is 0 Å². The lowest BCUT2D eigenvalue weighted by atomic mass is 9.90. The summed E-state index contributed by atoms with van der Waals surface area (Å²) in [5.74, 6) is -0.663. The molecule has 4 heteroatoms. The van der Waals surface area contributed by atoms with Gasteiger partial charge >= 0.3 is 0 Å².